The largest absolute Gasteiger partial charge is 0.508 e. The van der Waals surface area contributed by atoms with E-state index in [1.807, 2.05) is 13.8 Å². The molecular formula is C19H31IN4O4. The number of rotatable bonds is 6. The minimum Gasteiger partial charge on any atom is -0.508 e. The van der Waals surface area contributed by atoms with Crippen molar-refractivity contribution >= 4 is 36.0 Å². The Bertz CT molecular complexity index is 649. The van der Waals surface area contributed by atoms with Gasteiger partial charge in [-0.1, -0.05) is 0 Å². The molecule has 0 aliphatic carbocycles. The number of amides is 1. The molecule has 158 valence electrons. The van der Waals surface area contributed by atoms with Crippen LogP contribution < -0.4 is 15.4 Å². The van der Waals surface area contributed by atoms with Gasteiger partial charge in [-0.25, -0.2) is 9.79 Å². The number of guanidine groups is 1. The van der Waals surface area contributed by atoms with E-state index in [0.29, 0.717) is 43.5 Å². The highest BCUT2D eigenvalue weighted by atomic mass is 127. The van der Waals surface area contributed by atoms with E-state index in [9.17, 15) is 9.90 Å². The maximum atomic E-state index is 11.8. The number of halogens is 1. The second kappa shape index (κ2) is 12.5. The highest BCUT2D eigenvalue weighted by Crippen LogP contribution is 2.23. The lowest BCUT2D eigenvalue weighted by atomic mass is 10.1. The van der Waals surface area contributed by atoms with Gasteiger partial charge in [-0.3, -0.25) is 0 Å². The van der Waals surface area contributed by atoms with Gasteiger partial charge >= 0.3 is 6.09 Å². The molecule has 8 nitrogen and oxygen atoms in total. The lowest BCUT2D eigenvalue weighted by molar-refractivity contribution is 0.0963. The third-order valence-electron chi connectivity index (χ3n) is 4.40. The molecule has 1 fully saturated rings. The lowest BCUT2D eigenvalue weighted by Gasteiger charge is -2.32. The molecule has 0 spiro atoms. The van der Waals surface area contributed by atoms with Gasteiger partial charge in [0, 0.05) is 31.2 Å². The van der Waals surface area contributed by atoms with Crippen molar-refractivity contribution in [3.05, 3.63) is 23.8 Å². The number of carbonyl (C=O) groups excluding carboxylic acids is 1. The number of phenols is 1. The molecule has 1 amide bonds. The molecular weight excluding hydrogens is 475 g/mol. The van der Waals surface area contributed by atoms with E-state index < -0.39 is 0 Å². The summed E-state index contributed by atoms with van der Waals surface area (Å²) >= 11 is 0. The molecule has 1 saturated heterocycles. The molecule has 28 heavy (non-hydrogen) atoms. The quantitative estimate of drug-likeness (QED) is 0.312. The van der Waals surface area contributed by atoms with Crippen molar-refractivity contribution in [3.8, 4) is 11.5 Å². The number of ether oxygens (including phenoxy) is 2. The van der Waals surface area contributed by atoms with Crippen LogP contribution in [0.15, 0.2) is 23.2 Å². The predicted molar refractivity (Wildman–Crippen MR) is 120 cm³/mol. The Morgan fingerprint density at radius 2 is 2.04 bits per heavy atom. The van der Waals surface area contributed by atoms with Crippen LogP contribution in [0.5, 0.6) is 11.5 Å². The van der Waals surface area contributed by atoms with Crippen molar-refractivity contribution in [1.29, 1.82) is 0 Å². The summed E-state index contributed by atoms with van der Waals surface area (Å²) in [6.45, 7) is 6.59. The summed E-state index contributed by atoms with van der Waals surface area (Å²) in [5.41, 5.74) is 0.698. The molecule has 2 rings (SSSR count). The number of hydrogen-bond acceptors (Lipinski definition) is 5. The minimum absolute atomic E-state index is 0. The minimum atomic E-state index is -0.245. The maximum Gasteiger partial charge on any atom is 0.409 e. The van der Waals surface area contributed by atoms with E-state index >= 15 is 0 Å². The molecule has 9 heteroatoms. The van der Waals surface area contributed by atoms with Gasteiger partial charge in [0.2, 0.25) is 0 Å². The van der Waals surface area contributed by atoms with Gasteiger partial charge in [-0.05, 0) is 44.9 Å². The molecule has 0 bridgehead atoms. The summed E-state index contributed by atoms with van der Waals surface area (Å²) < 4.78 is 10.2. The molecule has 0 saturated carbocycles. The Labute approximate surface area is 183 Å². The Morgan fingerprint density at radius 3 is 2.64 bits per heavy atom. The number of phenolic OH excluding ortho intramolecular Hbond substituents is 1. The zero-order valence-corrected chi connectivity index (χ0v) is 19.1. The third kappa shape index (κ3) is 7.25. The second-order valence-electron chi connectivity index (χ2n) is 6.29. The average Bonchev–Trinajstić information content (AvgIpc) is 2.68. The third-order valence-corrected chi connectivity index (χ3v) is 4.40. The molecule has 1 aliphatic heterocycles. The van der Waals surface area contributed by atoms with E-state index in [0.717, 1.165) is 19.4 Å². The predicted octanol–water partition coefficient (Wildman–Crippen LogP) is 2.69. The van der Waals surface area contributed by atoms with Crippen LogP contribution in [0.25, 0.3) is 0 Å². The van der Waals surface area contributed by atoms with Gasteiger partial charge in [-0.2, -0.15) is 0 Å². The van der Waals surface area contributed by atoms with E-state index in [4.69, 9.17) is 9.47 Å². The zero-order valence-electron chi connectivity index (χ0n) is 16.7. The molecule has 0 unspecified atom stereocenters. The number of piperidine rings is 1. The first-order chi connectivity index (χ1) is 13.1. The molecule has 3 N–H and O–H groups in total. The average molecular weight is 506 g/mol. The first kappa shape index (κ1) is 24.1. The van der Waals surface area contributed by atoms with Gasteiger partial charge in [-0.15, -0.1) is 24.0 Å². The van der Waals surface area contributed by atoms with Gasteiger partial charge in [0.05, 0.1) is 20.3 Å². The monoisotopic (exact) mass is 506 g/mol. The number of hydrogen-bond donors (Lipinski definition) is 3. The van der Waals surface area contributed by atoms with Gasteiger partial charge in [0.25, 0.3) is 0 Å². The fraction of sp³-hybridized carbons (Fsp3) is 0.579. The van der Waals surface area contributed by atoms with Crippen molar-refractivity contribution in [2.24, 2.45) is 4.99 Å². The van der Waals surface area contributed by atoms with Crippen LogP contribution in [0.2, 0.25) is 0 Å². The summed E-state index contributed by atoms with van der Waals surface area (Å²) in [7, 11) is 1.59. The SMILES string of the molecule is CCNC(=NCc1cc(OC)ccc1O)NC1CCN(C(=O)OCC)CC1.I. The van der Waals surface area contributed by atoms with Crippen molar-refractivity contribution in [3.63, 3.8) is 0 Å². The van der Waals surface area contributed by atoms with E-state index in [-0.39, 0.29) is 41.9 Å². The summed E-state index contributed by atoms with van der Waals surface area (Å²) in [6.07, 6.45) is 1.41. The molecule has 0 atom stereocenters. The normalized spacial score (nSPS) is 14.8. The van der Waals surface area contributed by atoms with Crippen molar-refractivity contribution in [2.45, 2.75) is 39.3 Å². The Balaban J connectivity index is 0.00000392. The van der Waals surface area contributed by atoms with Crippen LogP contribution in [0, 0.1) is 0 Å². The smallest absolute Gasteiger partial charge is 0.409 e. The molecule has 0 radical (unpaired) electrons. The van der Waals surface area contributed by atoms with Crippen LogP contribution >= 0.6 is 24.0 Å². The number of aliphatic imine (C=N–C) groups is 1. The first-order valence-corrected chi connectivity index (χ1v) is 9.39. The Hall–Kier alpha value is -1.91. The number of likely N-dealkylation sites (tertiary alicyclic amines) is 1. The highest BCUT2D eigenvalue weighted by molar-refractivity contribution is 14.0. The second-order valence-corrected chi connectivity index (χ2v) is 6.29. The number of methoxy groups -OCH3 is 1. The number of nitrogens with zero attached hydrogens (tertiary/aromatic N) is 2. The van der Waals surface area contributed by atoms with Crippen molar-refractivity contribution in [2.75, 3.05) is 33.4 Å². The van der Waals surface area contributed by atoms with Crippen molar-refractivity contribution < 1.29 is 19.4 Å². The molecule has 1 aromatic carbocycles. The van der Waals surface area contributed by atoms with Crippen LogP contribution in [0.4, 0.5) is 4.79 Å². The van der Waals surface area contributed by atoms with Crippen LogP contribution in [0.1, 0.15) is 32.3 Å². The van der Waals surface area contributed by atoms with E-state index in [1.54, 1.807) is 30.2 Å². The molecule has 1 heterocycles. The number of aromatic hydroxyl groups is 1. The topological polar surface area (TPSA) is 95.4 Å². The molecule has 1 aliphatic rings. The zero-order chi connectivity index (χ0) is 19.6. The molecule has 1 aromatic rings. The van der Waals surface area contributed by atoms with Crippen molar-refractivity contribution in [1.82, 2.24) is 15.5 Å². The fourth-order valence-electron chi connectivity index (χ4n) is 2.91. The number of benzene rings is 1. The summed E-state index contributed by atoms with van der Waals surface area (Å²) in [5.74, 6) is 1.56. The fourth-order valence-corrected chi connectivity index (χ4v) is 2.91. The van der Waals surface area contributed by atoms with Gasteiger partial charge < -0.3 is 30.1 Å². The van der Waals surface area contributed by atoms with Gasteiger partial charge in [0.1, 0.15) is 11.5 Å². The first-order valence-electron chi connectivity index (χ1n) is 9.39. The van der Waals surface area contributed by atoms with Crippen LogP contribution in [-0.2, 0) is 11.3 Å². The lowest BCUT2D eigenvalue weighted by Crippen LogP contribution is -2.49. The standard InChI is InChI=1S/C19H30N4O4.HI/c1-4-20-18(21-13-14-12-16(26-3)6-7-17(14)24)22-15-8-10-23(11-9-15)19(25)27-5-2;/h6-7,12,15,24H,4-5,8-11,13H2,1-3H3,(H2,20,21,22);1H. The van der Waals surface area contributed by atoms with Gasteiger partial charge in [0.15, 0.2) is 5.96 Å². The summed E-state index contributed by atoms with van der Waals surface area (Å²) in [4.78, 5) is 18.1. The molecule has 0 aromatic heterocycles. The highest BCUT2D eigenvalue weighted by Gasteiger charge is 2.24. The Morgan fingerprint density at radius 1 is 1.32 bits per heavy atom. The number of nitrogens with one attached hydrogen (secondary N) is 2. The Kier molecular flexibility index (Phi) is 10.8. The summed E-state index contributed by atoms with van der Waals surface area (Å²) in [6, 6.07) is 5.32. The van der Waals surface area contributed by atoms with E-state index in [2.05, 4.69) is 15.6 Å². The number of carbonyl (C=O) groups is 1. The summed E-state index contributed by atoms with van der Waals surface area (Å²) in [5, 5.41) is 16.6. The van der Waals surface area contributed by atoms with Crippen LogP contribution in [0.3, 0.4) is 0 Å². The van der Waals surface area contributed by atoms with E-state index in [1.165, 1.54) is 0 Å². The van der Waals surface area contributed by atoms with Crippen LogP contribution in [-0.4, -0.2) is 61.5 Å². The maximum absolute atomic E-state index is 11.8.